The van der Waals surface area contributed by atoms with Crippen LogP contribution < -0.4 is 0 Å². The first-order valence-corrected chi connectivity index (χ1v) is 8.40. The summed E-state index contributed by atoms with van der Waals surface area (Å²) in [4.78, 5) is 24.7. The Kier molecular flexibility index (Phi) is 3.97. The average molecular weight is 309 g/mol. The van der Waals surface area contributed by atoms with Gasteiger partial charge in [-0.1, -0.05) is 6.92 Å². The van der Waals surface area contributed by atoms with Crippen molar-refractivity contribution in [2.45, 2.75) is 38.1 Å². The molecule has 5 nitrogen and oxygen atoms in total. The highest BCUT2D eigenvalue weighted by molar-refractivity contribution is 7.99. The minimum Gasteiger partial charge on any atom is -0.480 e. The lowest BCUT2D eigenvalue weighted by atomic mass is 10.2. The van der Waals surface area contributed by atoms with E-state index in [2.05, 4.69) is 6.92 Å². The number of amides is 1. The lowest BCUT2D eigenvalue weighted by molar-refractivity contribution is -0.147. The van der Waals surface area contributed by atoms with Crippen molar-refractivity contribution >= 4 is 23.6 Å². The van der Waals surface area contributed by atoms with Gasteiger partial charge in [-0.2, -0.15) is 0 Å². The third kappa shape index (κ3) is 3.10. The minimum absolute atomic E-state index is 0.106. The van der Waals surface area contributed by atoms with E-state index in [0.717, 1.165) is 11.5 Å². The van der Waals surface area contributed by atoms with Gasteiger partial charge in [-0.25, -0.2) is 4.79 Å². The van der Waals surface area contributed by atoms with Gasteiger partial charge in [-0.15, -0.1) is 11.8 Å². The Hall–Kier alpha value is -1.43. The van der Waals surface area contributed by atoms with Crippen LogP contribution in [0.3, 0.4) is 0 Å². The smallest absolute Gasteiger partial charge is 0.327 e. The van der Waals surface area contributed by atoms with Crippen LogP contribution >= 0.6 is 11.8 Å². The van der Waals surface area contributed by atoms with Crippen molar-refractivity contribution < 1.29 is 19.1 Å². The van der Waals surface area contributed by atoms with Gasteiger partial charge in [0, 0.05) is 24.5 Å². The fraction of sp³-hybridized carbons (Fsp3) is 0.600. The molecule has 1 aliphatic heterocycles. The minimum atomic E-state index is -0.920. The quantitative estimate of drug-likeness (QED) is 0.904. The Labute approximate surface area is 127 Å². The van der Waals surface area contributed by atoms with Crippen LogP contribution in [0.15, 0.2) is 16.5 Å². The SMILES string of the molecule is CC1CC1c1ccc(CCC(=O)N2CSC[C@H]2C(=O)O)o1. The molecule has 2 heterocycles. The second-order valence-corrected chi connectivity index (χ2v) is 6.84. The highest BCUT2D eigenvalue weighted by Gasteiger charge is 2.37. The number of carboxylic acids is 1. The molecule has 1 amide bonds. The predicted octanol–water partition coefficient (Wildman–Crippen LogP) is 2.32. The van der Waals surface area contributed by atoms with Gasteiger partial charge in [-0.3, -0.25) is 4.79 Å². The average Bonchev–Trinajstić information content (AvgIpc) is 2.90. The zero-order chi connectivity index (χ0) is 15.0. The van der Waals surface area contributed by atoms with Crippen molar-refractivity contribution in [1.82, 2.24) is 4.90 Å². The lowest BCUT2D eigenvalue weighted by Crippen LogP contribution is -2.41. The molecule has 1 N–H and O–H groups in total. The number of furan rings is 1. The molecule has 3 rings (SSSR count). The number of nitrogens with zero attached hydrogens (tertiary/aromatic N) is 1. The van der Waals surface area contributed by atoms with Crippen LogP contribution in [0.2, 0.25) is 0 Å². The molecule has 2 fully saturated rings. The van der Waals surface area contributed by atoms with Crippen molar-refractivity contribution in [3.05, 3.63) is 23.7 Å². The van der Waals surface area contributed by atoms with Crippen molar-refractivity contribution in [3.63, 3.8) is 0 Å². The predicted molar refractivity (Wildman–Crippen MR) is 79.1 cm³/mol. The van der Waals surface area contributed by atoms with E-state index in [0.29, 0.717) is 36.3 Å². The van der Waals surface area contributed by atoms with Gasteiger partial charge in [0.1, 0.15) is 17.6 Å². The largest absolute Gasteiger partial charge is 0.480 e. The number of carbonyl (C=O) groups is 2. The molecule has 3 atom stereocenters. The molecular weight excluding hydrogens is 290 g/mol. The Morgan fingerprint density at radius 1 is 1.48 bits per heavy atom. The molecule has 0 aromatic carbocycles. The molecule has 2 aliphatic rings. The molecule has 0 spiro atoms. The van der Waals surface area contributed by atoms with Crippen LogP contribution in [0.1, 0.15) is 37.2 Å². The zero-order valence-electron chi connectivity index (χ0n) is 11.9. The third-order valence-electron chi connectivity index (χ3n) is 4.23. The summed E-state index contributed by atoms with van der Waals surface area (Å²) in [5, 5.41) is 9.09. The molecule has 1 aromatic rings. The molecule has 2 unspecified atom stereocenters. The van der Waals surface area contributed by atoms with E-state index >= 15 is 0 Å². The van der Waals surface area contributed by atoms with Crippen LogP contribution in [0.5, 0.6) is 0 Å². The van der Waals surface area contributed by atoms with Crippen molar-refractivity contribution in [2.24, 2.45) is 5.92 Å². The maximum atomic E-state index is 12.1. The maximum Gasteiger partial charge on any atom is 0.327 e. The van der Waals surface area contributed by atoms with Gasteiger partial charge in [0.25, 0.3) is 0 Å². The van der Waals surface area contributed by atoms with Crippen LogP contribution in [-0.4, -0.2) is 39.6 Å². The molecule has 21 heavy (non-hydrogen) atoms. The first-order chi connectivity index (χ1) is 10.1. The van der Waals surface area contributed by atoms with Gasteiger partial charge in [0.2, 0.25) is 5.91 Å². The highest BCUT2D eigenvalue weighted by Crippen LogP contribution is 2.47. The Morgan fingerprint density at radius 3 is 2.90 bits per heavy atom. The molecule has 0 bridgehead atoms. The van der Waals surface area contributed by atoms with Crippen LogP contribution in [0.25, 0.3) is 0 Å². The summed E-state index contributed by atoms with van der Waals surface area (Å²) in [5.41, 5.74) is 0. The molecule has 6 heteroatoms. The molecule has 1 saturated carbocycles. The molecule has 0 radical (unpaired) electrons. The number of carboxylic acid groups (broad SMARTS) is 1. The van der Waals surface area contributed by atoms with Crippen LogP contribution in [0, 0.1) is 5.92 Å². The summed E-state index contributed by atoms with van der Waals surface area (Å²) in [5.74, 6) is 3.00. The van der Waals surface area contributed by atoms with E-state index < -0.39 is 12.0 Å². The van der Waals surface area contributed by atoms with Crippen molar-refractivity contribution in [3.8, 4) is 0 Å². The fourth-order valence-corrected chi connectivity index (χ4v) is 3.89. The Bertz CT molecular complexity index is 556. The summed E-state index contributed by atoms with van der Waals surface area (Å²) in [6, 6.07) is 3.25. The topological polar surface area (TPSA) is 70.8 Å². The summed E-state index contributed by atoms with van der Waals surface area (Å²) in [6.07, 6.45) is 2.02. The maximum absolute atomic E-state index is 12.1. The van der Waals surface area contributed by atoms with Gasteiger partial charge in [0.05, 0.1) is 5.88 Å². The van der Waals surface area contributed by atoms with Crippen molar-refractivity contribution in [2.75, 3.05) is 11.6 Å². The molecular formula is C15H19NO4S. The summed E-state index contributed by atoms with van der Waals surface area (Å²) in [6.45, 7) is 2.20. The first-order valence-electron chi connectivity index (χ1n) is 7.25. The second kappa shape index (κ2) is 5.75. The molecule has 1 aromatic heterocycles. The summed E-state index contributed by atoms with van der Waals surface area (Å²) < 4.78 is 5.77. The monoisotopic (exact) mass is 309 g/mol. The molecule has 1 saturated heterocycles. The normalized spacial score (nSPS) is 27.9. The van der Waals surface area contributed by atoms with E-state index in [4.69, 9.17) is 9.52 Å². The van der Waals surface area contributed by atoms with Crippen molar-refractivity contribution in [1.29, 1.82) is 0 Å². The number of aliphatic carboxylic acids is 1. The number of hydrogen-bond donors (Lipinski definition) is 1. The van der Waals surface area contributed by atoms with E-state index in [1.54, 1.807) is 0 Å². The van der Waals surface area contributed by atoms with Gasteiger partial charge >= 0.3 is 5.97 Å². The summed E-state index contributed by atoms with van der Waals surface area (Å²) >= 11 is 1.49. The number of rotatable bonds is 5. The highest BCUT2D eigenvalue weighted by atomic mass is 32.2. The zero-order valence-corrected chi connectivity index (χ0v) is 12.8. The van der Waals surface area contributed by atoms with E-state index in [9.17, 15) is 9.59 Å². The Morgan fingerprint density at radius 2 is 2.24 bits per heavy atom. The summed E-state index contributed by atoms with van der Waals surface area (Å²) in [7, 11) is 0. The van der Waals surface area contributed by atoms with Gasteiger partial charge in [-0.05, 0) is 24.5 Å². The lowest BCUT2D eigenvalue weighted by Gasteiger charge is -2.20. The van der Waals surface area contributed by atoms with Crippen LogP contribution in [0.4, 0.5) is 0 Å². The standard InChI is InChI=1S/C15H19NO4S/c1-9-6-11(9)13-4-2-10(20-13)3-5-14(17)16-8-21-7-12(16)15(18)19/h2,4,9,11-12H,3,5-8H2,1H3,(H,18,19)/t9?,11?,12-/m0/s1. The second-order valence-electron chi connectivity index (χ2n) is 5.84. The fourth-order valence-electron chi connectivity index (χ4n) is 2.71. The van der Waals surface area contributed by atoms with Crippen LogP contribution in [-0.2, 0) is 16.0 Å². The number of aryl methyl sites for hydroxylation is 1. The molecule has 114 valence electrons. The Balaban J connectivity index is 1.53. The molecule has 1 aliphatic carbocycles. The number of thioether (sulfide) groups is 1. The van der Waals surface area contributed by atoms with E-state index in [-0.39, 0.29) is 5.91 Å². The van der Waals surface area contributed by atoms with Gasteiger partial charge < -0.3 is 14.4 Å². The third-order valence-corrected chi connectivity index (χ3v) is 5.24. The first kappa shape index (κ1) is 14.5. The van der Waals surface area contributed by atoms with E-state index in [1.165, 1.54) is 23.1 Å². The number of carbonyl (C=O) groups excluding carboxylic acids is 1. The van der Waals surface area contributed by atoms with Gasteiger partial charge in [0.15, 0.2) is 0 Å². The van der Waals surface area contributed by atoms with E-state index in [1.807, 2.05) is 12.1 Å². The number of hydrogen-bond acceptors (Lipinski definition) is 4.